The third-order valence-corrected chi connectivity index (χ3v) is 2.62. The van der Waals surface area contributed by atoms with Crippen LogP contribution in [0.5, 0.6) is 0 Å². The maximum Gasteiger partial charge on any atom is 0.0761 e. The van der Waals surface area contributed by atoms with Gasteiger partial charge in [-0.15, -0.1) is 0 Å². The Morgan fingerprint density at radius 3 is 2.20 bits per heavy atom. The van der Waals surface area contributed by atoms with Crippen LogP contribution in [0.15, 0.2) is 24.3 Å². The summed E-state index contributed by atoms with van der Waals surface area (Å²) < 4.78 is 0. The van der Waals surface area contributed by atoms with Crippen LogP contribution in [-0.2, 0) is 0 Å². The third-order valence-electron chi connectivity index (χ3n) is 2.62. The molecule has 15 heavy (non-hydrogen) atoms. The van der Waals surface area contributed by atoms with E-state index in [1.54, 1.807) is 6.92 Å². The third kappa shape index (κ3) is 3.24. The molecule has 2 heteroatoms. The normalized spacial score (nSPS) is 12.5. The SMILES string of the molecule is CCCN(CC)c1ccc([C@@H](C)O)cc1. The first-order chi connectivity index (χ1) is 7.19. The smallest absolute Gasteiger partial charge is 0.0761 e. The van der Waals surface area contributed by atoms with Gasteiger partial charge in [-0.2, -0.15) is 0 Å². The molecule has 0 aliphatic rings. The fraction of sp³-hybridized carbons (Fsp3) is 0.538. The summed E-state index contributed by atoms with van der Waals surface area (Å²) in [5, 5.41) is 9.40. The topological polar surface area (TPSA) is 23.5 Å². The van der Waals surface area contributed by atoms with E-state index in [-0.39, 0.29) is 6.10 Å². The highest BCUT2D eigenvalue weighted by Crippen LogP contribution is 2.19. The van der Waals surface area contributed by atoms with E-state index in [0.717, 1.165) is 25.1 Å². The molecule has 1 atom stereocenters. The second kappa shape index (κ2) is 5.76. The van der Waals surface area contributed by atoms with Crippen molar-refractivity contribution in [3.05, 3.63) is 29.8 Å². The molecular weight excluding hydrogens is 186 g/mol. The van der Waals surface area contributed by atoms with Gasteiger partial charge in [0.05, 0.1) is 6.10 Å². The van der Waals surface area contributed by atoms with Gasteiger partial charge in [0.2, 0.25) is 0 Å². The molecule has 0 radical (unpaired) electrons. The molecule has 0 heterocycles. The highest BCUT2D eigenvalue weighted by atomic mass is 16.3. The maximum absolute atomic E-state index is 9.40. The number of hydrogen-bond acceptors (Lipinski definition) is 2. The molecule has 1 aromatic carbocycles. The van der Waals surface area contributed by atoms with E-state index in [2.05, 4.69) is 30.9 Å². The molecule has 1 aromatic rings. The van der Waals surface area contributed by atoms with E-state index in [9.17, 15) is 5.11 Å². The van der Waals surface area contributed by atoms with Gasteiger partial charge >= 0.3 is 0 Å². The van der Waals surface area contributed by atoms with Crippen LogP contribution in [0.25, 0.3) is 0 Å². The molecule has 0 fully saturated rings. The first-order valence-corrected chi connectivity index (χ1v) is 5.72. The molecule has 1 rings (SSSR count). The van der Waals surface area contributed by atoms with Gasteiger partial charge in [0.25, 0.3) is 0 Å². The van der Waals surface area contributed by atoms with Crippen molar-refractivity contribution in [3.63, 3.8) is 0 Å². The predicted molar refractivity (Wildman–Crippen MR) is 65.3 cm³/mol. The molecular formula is C13H21NO. The molecule has 0 amide bonds. The van der Waals surface area contributed by atoms with Crippen molar-refractivity contribution in [2.24, 2.45) is 0 Å². The number of benzene rings is 1. The van der Waals surface area contributed by atoms with Crippen LogP contribution >= 0.6 is 0 Å². The monoisotopic (exact) mass is 207 g/mol. The summed E-state index contributed by atoms with van der Waals surface area (Å²) >= 11 is 0. The van der Waals surface area contributed by atoms with Gasteiger partial charge in [0, 0.05) is 18.8 Å². The zero-order chi connectivity index (χ0) is 11.3. The highest BCUT2D eigenvalue weighted by molar-refractivity contribution is 5.47. The van der Waals surface area contributed by atoms with Crippen LogP contribution in [0.1, 0.15) is 38.9 Å². The maximum atomic E-state index is 9.40. The van der Waals surface area contributed by atoms with Gasteiger partial charge in [-0.05, 0) is 38.0 Å². The summed E-state index contributed by atoms with van der Waals surface area (Å²) in [6.45, 7) is 8.26. The van der Waals surface area contributed by atoms with E-state index in [1.165, 1.54) is 5.69 Å². The molecule has 84 valence electrons. The second-order valence-electron chi connectivity index (χ2n) is 3.85. The Balaban J connectivity index is 2.77. The van der Waals surface area contributed by atoms with Crippen LogP contribution in [-0.4, -0.2) is 18.2 Å². The lowest BCUT2D eigenvalue weighted by atomic mass is 10.1. The first kappa shape index (κ1) is 12.1. The van der Waals surface area contributed by atoms with Gasteiger partial charge < -0.3 is 10.0 Å². The molecule has 0 saturated carbocycles. The van der Waals surface area contributed by atoms with Gasteiger partial charge in [0.1, 0.15) is 0 Å². The van der Waals surface area contributed by atoms with Gasteiger partial charge in [-0.1, -0.05) is 19.1 Å². The van der Waals surface area contributed by atoms with E-state index in [1.807, 2.05) is 12.1 Å². The zero-order valence-corrected chi connectivity index (χ0v) is 9.90. The highest BCUT2D eigenvalue weighted by Gasteiger charge is 2.04. The average molecular weight is 207 g/mol. The van der Waals surface area contributed by atoms with Crippen molar-refractivity contribution >= 4 is 5.69 Å². The fourth-order valence-electron chi connectivity index (χ4n) is 1.70. The van der Waals surface area contributed by atoms with Gasteiger partial charge in [0.15, 0.2) is 0 Å². The molecule has 0 bridgehead atoms. The summed E-state index contributed by atoms with van der Waals surface area (Å²) in [6, 6.07) is 8.17. The van der Waals surface area contributed by atoms with Crippen LogP contribution in [0.3, 0.4) is 0 Å². The van der Waals surface area contributed by atoms with Crippen molar-refractivity contribution in [3.8, 4) is 0 Å². The Morgan fingerprint density at radius 2 is 1.80 bits per heavy atom. The van der Waals surface area contributed by atoms with Crippen LogP contribution < -0.4 is 4.90 Å². The second-order valence-corrected chi connectivity index (χ2v) is 3.85. The molecule has 2 nitrogen and oxygen atoms in total. The van der Waals surface area contributed by atoms with Crippen molar-refractivity contribution in [1.29, 1.82) is 0 Å². The Bertz CT molecular complexity index is 279. The van der Waals surface area contributed by atoms with E-state index < -0.39 is 0 Å². The summed E-state index contributed by atoms with van der Waals surface area (Å²) in [5.74, 6) is 0. The van der Waals surface area contributed by atoms with E-state index >= 15 is 0 Å². The van der Waals surface area contributed by atoms with Crippen molar-refractivity contribution < 1.29 is 5.11 Å². The predicted octanol–water partition coefficient (Wildman–Crippen LogP) is 2.98. The lowest BCUT2D eigenvalue weighted by Gasteiger charge is -2.22. The average Bonchev–Trinajstić information content (AvgIpc) is 2.26. The zero-order valence-electron chi connectivity index (χ0n) is 9.90. The lowest BCUT2D eigenvalue weighted by molar-refractivity contribution is 0.199. The fourth-order valence-corrected chi connectivity index (χ4v) is 1.70. The van der Waals surface area contributed by atoms with Gasteiger partial charge in [-0.25, -0.2) is 0 Å². The molecule has 0 spiro atoms. The Hall–Kier alpha value is -1.02. The number of anilines is 1. The Kier molecular flexibility index (Phi) is 4.63. The minimum absolute atomic E-state index is 0.375. The minimum Gasteiger partial charge on any atom is -0.389 e. The Labute approximate surface area is 92.5 Å². The molecule has 0 aliphatic carbocycles. The van der Waals surface area contributed by atoms with E-state index in [0.29, 0.717) is 0 Å². The number of rotatable bonds is 5. The molecule has 0 aliphatic heterocycles. The number of aliphatic hydroxyl groups is 1. The summed E-state index contributed by atoms with van der Waals surface area (Å²) in [5.41, 5.74) is 2.22. The molecule has 0 unspecified atom stereocenters. The van der Waals surface area contributed by atoms with Crippen molar-refractivity contribution in [1.82, 2.24) is 0 Å². The van der Waals surface area contributed by atoms with E-state index in [4.69, 9.17) is 0 Å². The minimum atomic E-state index is -0.375. The Morgan fingerprint density at radius 1 is 1.20 bits per heavy atom. The molecule has 0 aromatic heterocycles. The standard InChI is InChI=1S/C13H21NO/c1-4-10-14(5-2)13-8-6-12(7-9-13)11(3)15/h6-9,11,15H,4-5,10H2,1-3H3/t11-/m1/s1. The van der Waals surface area contributed by atoms with Gasteiger partial charge in [-0.3, -0.25) is 0 Å². The van der Waals surface area contributed by atoms with Crippen LogP contribution in [0.2, 0.25) is 0 Å². The van der Waals surface area contributed by atoms with Crippen molar-refractivity contribution in [2.75, 3.05) is 18.0 Å². The summed E-state index contributed by atoms with van der Waals surface area (Å²) in [6.07, 6.45) is 0.784. The summed E-state index contributed by atoms with van der Waals surface area (Å²) in [4.78, 5) is 2.34. The summed E-state index contributed by atoms with van der Waals surface area (Å²) in [7, 11) is 0. The number of aliphatic hydroxyl groups excluding tert-OH is 1. The quantitative estimate of drug-likeness (QED) is 0.802. The first-order valence-electron chi connectivity index (χ1n) is 5.72. The largest absolute Gasteiger partial charge is 0.389 e. The van der Waals surface area contributed by atoms with Crippen LogP contribution in [0.4, 0.5) is 5.69 Å². The molecule has 0 saturated heterocycles. The number of nitrogens with zero attached hydrogens (tertiary/aromatic N) is 1. The van der Waals surface area contributed by atoms with Crippen LogP contribution in [0, 0.1) is 0 Å². The van der Waals surface area contributed by atoms with Crippen molar-refractivity contribution in [2.45, 2.75) is 33.3 Å². The molecule has 1 N–H and O–H groups in total. The number of hydrogen-bond donors (Lipinski definition) is 1. The lowest BCUT2D eigenvalue weighted by Crippen LogP contribution is -2.23.